The van der Waals surface area contributed by atoms with Gasteiger partial charge in [0.25, 0.3) is 0 Å². The van der Waals surface area contributed by atoms with Gasteiger partial charge in [0.1, 0.15) is 11.6 Å². The summed E-state index contributed by atoms with van der Waals surface area (Å²) in [7, 11) is 0. The summed E-state index contributed by atoms with van der Waals surface area (Å²) in [5.41, 5.74) is 1.29. The number of hydrogen-bond acceptors (Lipinski definition) is 6. The van der Waals surface area contributed by atoms with Crippen LogP contribution in [0.25, 0.3) is 11.4 Å². The van der Waals surface area contributed by atoms with Crippen LogP contribution in [0.1, 0.15) is 24.7 Å². The number of carbonyl (C=O) groups is 1. The van der Waals surface area contributed by atoms with Gasteiger partial charge in [-0.25, -0.2) is 8.78 Å². The van der Waals surface area contributed by atoms with Crippen LogP contribution in [-0.4, -0.2) is 71.7 Å². The van der Waals surface area contributed by atoms with Crippen LogP contribution in [-0.2, 0) is 4.79 Å². The van der Waals surface area contributed by atoms with Crippen LogP contribution in [0.15, 0.2) is 53.1 Å². The number of hydrogen-bond donors (Lipinski definition) is 0. The number of halogens is 2. The highest BCUT2D eigenvalue weighted by Crippen LogP contribution is 2.28. The van der Waals surface area contributed by atoms with Gasteiger partial charge in [0.15, 0.2) is 0 Å². The topological polar surface area (TPSA) is 65.7 Å². The van der Waals surface area contributed by atoms with Gasteiger partial charge in [0.2, 0.25) is 17.6 Å². The zero-order chi connectivity index (χ0) is 23.5. The third kappa shape index (κ3) is 4.94. The van der Waals surface area contributed by atoms with Gasteiger partial charge in [-0.05, 0) is 55.8 Å². The first-order valence-corrected chi connectivity index (χ1v) is 11.7. The number of rotatable bonds is 5. The number of para-hydroxylation sites is 1. The van der Waals surface area contributed by atoms with E-state index in [0.29, 0.717) is 62.2 Å². The lowest BCUT2D eigenvalue weighted by Crippen LogP contribution is -2.52. The molecule has 2 fully saturated rings. The van der Waals surface area contributed by atoms with Crippen LogP contribution in [0.5, 0.6) is 0 Å². The molecule has 9 heteroatoms. The van der Waals surface area contributed by atoms with Gasteiger partial charge in [0, 0.05) is 38.3 Å². The Bertz CT molecular complexity index is 1130. The molecule has 1 amide bonds. The van der Waals surface area contributed by atoms with E-state index in [1.54, 1.807) is 24.3 Å². The van der Waals surface area contributed by atoms with E-state index in [0.717, 1.165) is 19.4 Å². The lowest BCUT2D eigenvalue weighted by molar-refractivity contribution is -0.133. The van der Waals surface area contributed by atoms with Gasteiger partial charge >= 0.3 is 0 Å². The van der Waals surface area contributed by atoms with E-state index >= 15 is 0 Å². The summed E-state index contributed by atoms with van der Waals surface area (Å²) in [6, 6.07) is 12.7. The SMILES string of the molecule is O=C(CN1CCCC(c2nc(-c3ccc(F)cc3)no2)C1)N1CCN(c2ccccc2F)CC1. The molecule has 0 aliphatic carbocycles. The maximum atomic E-state index is 14.1. The molecule has 1 atom stereocenters. The van der Waals surface area contributed by atoms with Crippen molar-refractivity contribution < 1.29 is 18.1 Å². The summed E-state index contributed by atoms with van der Waals surface area (Å²) in [6.45, 7) is 4.24. The molecule has 0 saturated carbocycles. The number of piperazine rings is 1. The molecule has 2 aliphatic heterocycles. The standard InChI is InChI=1S/C25H27F2N5O2/c26-20-9-7-18(8-10-20)24-28-25(34-29-24)19-4-3-11-30(16-19)17-23(33)32-14-12-31(13-15-32)22-6-2-1-5-21(22)27/h1-2,5-10,19H,3-4,11-17H2. The first kappa shape index (κ1) is 22.5. The largest absolute Gasteiger partial charge is 0.366 e. The van der Waals surface area contributed by atoms with E-state index in [1.165, 1.54) is 18.2 Å². The van der Waals surface area contributed by atoms with Crippen molar-refractivity contribution >= 4 is 11.6 Å². The van der Waals surface area contributed by atoms with Crippen molar-refractivity contribution in [1.29, 1.82) is 0 Å². The second-order valence-corrected chi connectivity index (χ2v) is 8.86. The second-order valence-electron chi connectivity index (χ2n) is 8.86. The Morgan fingerprint density at radius 3 is 2.53 bits per heavy atom. The number of amides is 1. The summed E-state index contributed by atoms with van der Waals surface area (Å²) in [5.74, 6) is 0.595. The fraction of sp³-hybridized carbons (Fsp3) is 0.400. The third-order valence-electron chi connectivity index (χ3n) is 6.58. The monoisotopic (exact) mass is 467 g/mol. The minimum atomic E-state index is -0.311. The molecule has 1 aromatic heterocycles. The van der Waals surface area contributed by atoms with Crippen molar-refractivity contribution in [1.82, 2.24) is 19.9 Å². The van der Waals surface area contributed by atoms with Gasteiger partial charge in [-0.2, -0.15) is 4.98 Å². The lowest BCUT2D eigenvalue weighted by Gasteiger charge is -2.38. The van der Waals surface area contributed by atoms with Gasteiger partial charge in [0.05, 0.1) is 18.2 Å². The molecule has 0 N–H and O–H groups in total. The van der Waals surface area contributed by atoms with Gasteiger partial charge in [-0.1, -0.05) is 17.3 Å². The number of benzene rings is 2. The minimum Gasteiger partial charge on any atom is -0.366 e. The normalized spacial score (nSPS) is 19.4. The van der Waals surface area contributed by atoms with Crippen molar-refractivity contribution in [2.24, 2.45) is 0 Å². The Morgan fingerprint density at radius 1 is 1.00 bits per heavy atom. The summed E-state index contributed by atoms with van der Waals surface area (Å²) < 4.78 is 32.8. The first-order valence-electron chi connectivity index (χ1n) is 11.7. The lowest BCUT2D eigenvalue weighted by atomic mass is 9.98. The Balaban J connectivity index is 1.15. The minimum absolute atomic E-state index is 0.0566. The maximum absolute atomic E-state index is 14.1. The quantitative estimate of drug-likeness (QED) is 0.572. The van der Waals surface area contributed by atoms with Crippen LogP contribution in [0, 0.1) is 11.6 Å². The van der Waals surface area contributed by atoms with Crippen LogP contribution in [0.2, 0.25) is 0 Å². The van der Waals surface area contributed by atoms with Crippen molar-refractivity contribution in [3.05, 3.63) is 66.1 Å². The van der Waals surface area contributed by atoms with E-state index in [1.807, 2.05) is 15.9 Å². The highest BCUT2D eigenvalue weighted by atomic mass is 19.1. The second kappa shape index (κ2) is 9.89. The molecule has 7 nitrogen and oxygen atoms in total. The molecule has 2 saturated heterocycles. The van der Waals surface area contributed by atoms with E-state index in [-0.39, 0.29) is 23.5 Å². The molecule has 2 aliphatic rings. The number of piperidine rings is 1. The Kier molecular flexibility index (Phi) is 6.53. The van der Waals surface area contributed by atoms with E-state index in [9.17, 15) is 13.6 Å². The summed E-state index contributed by atoms with van der Waals surface area (Å²) in [5, 5.41) is 4.06. The molecule has 0 radical (unpaired) electrons. The number of likely N-dealkylation sites (tertiary alicyclic amines) is 1. The zero-order valence-corrected chi connectivity index (χ0v) is 18.9. The fourth-order valence-electron chi connectivity index (χ4n) is 4.71. The molecule has 2 aromatic carbocycles. The average Bonchev–Trinajstić information content (AvgIpc) is 3.36. The van der Waals surface area contributed by atoms with Crippen LogP contribution < -0.4 is 4.90 Å². The number of anilines is 1. The molecular formula is C25H27F2N5O2. The summed E-state index contributed by atoms with van der Waals surface area (Å²) >= 11 is 0. The molecule has 3 aromatic rings. The van der Waals surface area contributed by atoms with E-state index < -0.39 is 0 Å². The summed E-state index contributed by atoms with van der Waals surface area (Å²) in [4.78, 5) is 23.5. The predicted molar refractivity (Wildman–Crippen MR) is 123 cm³/mol. The smallest absolute Gasteiger partial charge is 0.236 e. The molecule has 3 heterocycles. The van der Waals surface area contributed by atoms with Crippen LogP contribution >= 0.6 is 0 Å². The van der Waals surface area contributed by atoms with Gasteiger partial charge in [-0.3, -0.25) is 9.69 Å². The number of carbonyl (C=O) groups excluding carboxylic acids is 1. The summed E-state index contributed by atoms with van der Waals surface area (Å²) in [6.07, 6.45) is 1.85. The molecular weight excluding hydrogens is 440 g/mol. The number of aromatic nitrogens is 2. The first-order chi connectivity index (χ1) is 16.6. The van der Waals surface area contributed by atoms with Crippen LogP contribution in [0.3, 0.4) is 0 Å². The van der Waals surface area contributed by atoms with Crippen molar-refractivity contribution in [2.45, 2.75) is 18.8 Å². The van der Waals surface area contributed by atoms with Gasteiger partial charge < -0.3 is 14.3 Å². The third-order valence-corrected chi connectivity index (χ3v) is 6.58. The molecule has 178 valence electrons. The van der Waals surface area contributed by atoms with Gasteiger partial charge in [-0.15, -0.1) is 0 Å². The Labute approximate surface area is 197 Å². The molecule has 1 unspecified atom stereocenters. The van der Waals surface area contributed by atoms with E-state index in [4.69, 9.17) is 4.52 Å². The molecule has 5 rings (SSSR count). The average molecular weight is 468 g/mol. The predicted octanol–water partition coefficient (Wildman–Crippen LogP) is 3.54. The number of nitrogens with zero attached hydrogens (tertiary/aromatic N) is 5. The van der Waals surface area contributed by atoms with Crippen molar-refractivity contribution in [3.63, 3.8) is 0 Å². The Morgan fingerprint density at radius 2 is 1.76 bits per heavy atom. The zero-order valence-electron chi connectivity index (χ0n) is 18.9. The van der Waals surface area contributed by atoms with Crippen molar-refractivity contribution in [2.75, 3.05) is 50.7 Å². The highest BCUT2D eigenvalue weighted by molar-refractivity contribution is 5.78. The molecule has 0 bridgehead atoms. The van der Waals surface area contributed by atoms with Crippen LogP contribution in [0.4, 0.5) is 14.5 Å². The fourth-order valence-corrected chi connectivity index (χ4v) is 4.71. The van der Waals surface area contributed by atoms with Crippen molar-refractivity contribution in [3.8, 4) is 11.4 Å². The maximum Gasteiger partial charge on any atom is 0.236 e. The molecule has 34 heavy (non-hydrogen) atoms. The molecule has 0 spiro atoms. The highest BCUT2D eigenvalue weighted by Gasteiger charge is 2.29. The van der Waals surface area contributed by atoms with E-state index in [2.05, 4.69) is 15.0 Å². The Hall–Kier alpha value is -3.33.